The van der Waals surface area contributed by atoms with E-state index in [-0.39, 0.29) is 6.42 Å². The van der Waals surface area contributed by atoms with Gasteiger partial charge in [-0.1, -0.05) is 66.8 Å². The molecule has 0 atom stereocenters. The van der Waals surface area contributed by atoms with Crippen LogP contribution in [0.1, 0.15) is 12.0 Å². The second-order valence-corrected chi connectivity index (χ2v) is 3.95. The summed E-state index contributed by atoms with van der Waals surface area (Å²) in [6, 6.07) is 14.3. The highest BCUT2D eigenvalue weighted by molar-refractivity contribution is 5.90. The maximum atomic E-state index is 10.3. The smallest absolute Gasteiger partial charge is 0.307 e. The van der Waals surface area contributed by atoms with Crippen LogP contribution < -0.4 is 0 Å². The Morgan fingerprint density at radius 3 is 2.67 bits per heavy atom. The number of rotatable bonds is 4. The van der Waals surface area contributed by atoms with E-state index in [0.717, 1.165) is 5.56 Å². The number of hydrogen-bond donors (Lipinski definition) is 1. The molecule has 0 amide bonds. The monoisotopic (exact) mass is 238 g/mol. The van der Waals surface area contributed by atoms with Crippen molar-refractivity contribution in [1.82, 2.24) is 0 Å². The van der Waals surface area contributed by atoms with Gasteiger partial charge in [-0.05, 0) is 16.3 Å². The van der Waals surface area contributed by atoms with Crippen molar-refractivity contribution in [3.05, 3.63) is 66.3 Å². The van der Waals surface area contributed by atoms with Gasteiger partial charge in [0.1, 0.15) is 0 Å². The Morgan fingerprint density at radius 1 is 1.06 bits per heavy atom. The maximum Gasteiger partial charge on any atom is 0.307 e. The highest BCUT2D eigenvalue weighted by Gasteiger charge is 1.95. The van der Waals surface area contributed by atoms with E-state index in [9.17, 15) is 4.79 Å². The lowest BCUT2D eigenvalue weighted by molar-refractivity contribution is -0.135. The topological polar surface area (TPSA) is 37.3 Å². The zero-order valence-corrected chi connectivity index (χ0v) is 9.91. The molecule has 0 heterocycles. The van der Waals surface area contributed by atoms with E-state index >= 15 is 0 Å². The molecule has 0 bridgehead atoms. The molecule has 2 rings (SSSR count). The van der Waals surface area contributed by atoms with E-state index in [1.807, 2.05) is 36.4 Å². The van der Waals surface area contributed by atoms with Gasteiger partial charge in [0.25, 0.3) is 0 Å². The van der Waals surface area contributed by atoms with Crippen molar-refractivity contribution in [2.75, 3.05) is 0 Å². The van der Waals surface area contributed by atoms with Gasteiger partial charge in [0.2, 0.25) is 0 Å². The summed E-state index contributed by atoms with van der Waals surface area (Å²) < 4.78 is 0. The summed E-state index contributed by atoms with van der Waals surface area (Å²) in [5, 5.41) is 10.9. The van der Waals surface area contributed by atoms with Crippen LogP contribution >= 0.6 is 0 Å². The van der Waals surface area contributed by atoms with Gasteiger partial charge in [0.15, 0.2) is 0 Å². The fourth-order valence-electron chi connectivity index (χ4n) is 1.80. The molecule has 90 valence electrons. The van der Waals surface area contributed by atoms with Gasteiger partial charge in [-0.15, -0.1) is 0 Å². The Labute approximate surface area is 106 Å². The van der Waals surface area contributed by atoms with Gasteiger partial charge in [-0.2, -0.15) is 0 Å². The zero-order valence-electron chi connectivity index (χ0n) is 9.91. The normalized spacial score (nSPS) is 11.6. The van der Waals surface area contributed by atoms with Gasteiger partial charge in [0, 0.05) is 0 Å². The molecule has 2 heteroatoms. The molecule has 2 aromatic rings. The van der Waals surface area contributed by atoms with Crippen LogP contribution in [-0.4, -0.2) is 11.1 Å². The second kappa shape index (κ2) is 5.82. The Balaban J connectivity index is 2.19. The second-order valence-electron chi connectivity index (χ2n) is 3.95. The van der Waals surface area contributed by atoms with Crippen LogP contribution in [0.3, 0.4) is 0 Å². The molecule has 0 aliphatic carbocycles. The number of carboxylic acids is 1. The van der Waals surface area contributed by atoms with Crippen LogP contribution in [0, 0.1) is 0 Å². The van der Waals surface area contributed by atoms with Gasteiger partial charge in [-0.25, -0.2) is 0 Å². The van der Waals surface area contributed by atoms with E-state index in [1.54, 1.807) is 12.2 Å². The predicted octanol–water partition coefficient (Wildman–Crippen LogP) is 3.88. The van der Waals surface area contributed by atoms with Gasteiger partial charge >= 0.3 is 5.97 Å². The third kappa shape index (κ3) is 3.08. The molecule has 0 aliphatic rings. The van der Waals surface area contributed by atoms with E-state index in [0.29, 0.717) is 0 Å². The summed E-state index contributed by atoms with van der Waals surface area (Å²) in [6.07, 6.45) is 7.30. The number of aliphatic carboxylic acids is 1. The molecule has 0 unspecified atom stereocenters. The minimum Gasteiger partial charge on any atom is -0.481 e. The molecule has 2 nitrogen and oxygen atoms in total. The van der Waals surface area contributed by atoms with Crippen molar-refractivity contribution in [3.8, 4) is 0 Å². The fourth-order valence-corrected chi connectivity index (χ4v) is 1.80. The fraction of sp³-hybridized carbons (Fsp3) is 0.0625. The summed E-state index contributed by atoms with van der Waals surface area (Å²) in [6.45, 7) is 0. The van der Waals surface area contributed by atoms with Crippen LogP contribution in [-0.2, 0) is 4.79 Å². The van der Waals surface area contributed by atoms with E-state index in [4.69, 9.17) is 5.11 Å². The molecule has 0 aromatic heterocycles. The van der Waals surface area contributed by atoms with Gasteiger partial charge < -0.3 is 5.11 Å². The summed E-state index contributed by atoms with van der Waals surface area (Å²) in [5.74, 6) is -0.815. The lowest BCUT2D eigenvalue weighted by Gasteiger charge is -2.00. The van der Waals surface area contributed by atoms with Crippen molar-refractivity contribution in [3.63, 3.8) is 0 Å². The highest BCUT2D eigenvalue weighted by Crippen LogP contribution is 2.19. The molecule has 1 N–H and O–H groups in total. The SMILES string of the molecule is O=C(O)CC=CC=Cc1cccc2ccccc12. The number of carbonyl (C=O) groups is 1. The Morgan fingerprint density at radius 2 is 1.83 bits per heavy atom. The number of allylic oxidation sites excluding steroid dienone is 2. The molecular weight excluding hydrogens is 224 g/mol. The van der Waals surface area contributed by atoms with E-state index in [1.165, 1.54) is 10.8 Å². The quantitative estimate of drug-likeness (QED) is 0.820. The molecule has 0 aliphatic heterocycles. The minimum atomic E-state index is -0.815. The standard InChI is InChI=1S/C16H14O2/c17-16(18)12-3-1-2-7-13-9-6-10-14-8-4-5-11-15(13)14/h1-11H,12H2,(H,17,18). The first-order valence-electron chi connectivity index (χ1n) is 5.80. The van der Waals surface area contributed by atoms with Crippen LogP contribution in [0.5, 0.6) is 0 Å². The highest BCUT2D eigenvalue weighted by atomic mass is 16.4. The molecule has 0 fully saturated rings. The summed E-state index contributed by atoms with van der Waals surface area (Å²) in [7, 11) is 0. The average molecular weight is 238 g/mol. The lowest BCUT2D eigenvalue weighted by atomic mass is 10.0. The van der Waals surface area contributed by atoms with E-state index in [2.05, 4.69) is 18.2 Å². The first-order chi connectivity index (χ1) is 8.77. The minimum absolute atomic E-state index is 0.0554. The van der Waals surface area contributed by atoms with Crippen molar-refractivity contribution in [1.29, 1.82) is 0 Å². The third-order valence-electron chi connectivity index (χ3n) is 2.64. The Kier molecular flexibility index (Phi) is 3.92. The van der Waals surface area contributed by atoms with Crippen LogP contribution in [0.15, 0.2) is 60.7 Å². The first-order valence-corrected chi connectivity index (χ1v) is 5.80. The molecule has 0 saturated carbocycles. The lowest BCUT2D eigenvalue weighted by Crippen LogP contribution is -1.89. The van der Waals surface area contributed by atoms with Crippen LogP contribution in [0.2, 0.25) is 0 Å². The molecule has 0 spiro atoms. The summed E-state index contributed by atoms with van der Waals surface area (Å²) >= 11 is 0. The van der Waals surface area contributed by atoms with Crippen LogP contribution in [0.4, 0.5) is 0 Å². The first kappa shape index (κ1) is 12.1. The van der Waals surface area contributed by atoms with Gasteiger partial charge in [-0.3, -0.25) is 4.79 Å². The molecular formula is C16H14O2. The molecule has 2 aromatic carbocycles. The summed E-state index contributed by atoms with van der Waals surface area (Å²) in [4.78, 5) is 10.3. The van der Waals surface area contributed by atoms with Crippen molar-refractivity contribution in [2.45, 2.75) is 6.42 Å². The number of carboxylic acid groups (broad SMARTS) is 1. The Hall–Kier alpha value is -2.35. The Bertz CT molecular complexity index is 604. The molecule has 0 radical (unpaired) electrons. The molecule has 18 heavy (non-hydrogen) atoms. The predicted molar refractivity (Wildman–Crippen MR) is 74.4 cm³/mol. The van der Waals surface area contributed by atoms with Crippen molar-refractivity contribution >= 4 is 22.8 Å². The van der Waals surface area contributed by atoms with Crippen LogP contribution in [0.25, 0.3) is 16.8 Å². The van der Waals surface area contributed by atoms with Crippen molar-refractivity contribution in [2.24, 2.45) is 0 Å². The third-order valence-corrected chi connectivity index (χ3v) is 2.64. The average Bonchev–Trinajstić information content (AvgIpc) is 2.38. The number of benzene rings is 2. The van der Waals surface area contributed by atoms with E-state index < -0.39 is 5.97 Å². The summed E-state index contributed by atoms with van der Waals surface area (Å²) in [5.41, 5.74) is 1.13. The number of hydrogen-bond acceptors (Lipinski definition) is 1. The zero-order chi connectivity index (χ0) is 12.8. The number of fused-ring (bicyclic) bond motifs is 1. The largest absolute Gasteiger partial charge is 0.481 e. The maximum absolute atomic E-state index is 10.3. The molecule has 0 saturated heterocycles. The van der Waals surface area contributed by atoms with Gasteiger partial charge in [0.05, 0.1) is 6.42 Å². The van der Waals surface area contributed by atoms with Crippen molar-refractivity contribution < 1.29 is 9.90 Å².